The molecule has 1 atom stereocenters. The van der Waals surface area contributed by atoms with Crippen LogP contribution in [0.15, 0.2) is 51.7 Å². The lowest BCUT2D eigenvalue weighted by Crippen LogP contribution is -2.29. The van der Waals surface area contributed by atoms with Gasteiger partial charge in [-0.25, -0.2) is 0 Å². The fourth-order valence-electron chi connectivity index (χ4n) is 2.35. The summed E-state index contributed by atoms with van der Waals surface area (Å²) in [6.45, 7) is 2.10. The third-order valence-electron chi connectivity index (χ3n) is 3.53. The summed E-state index contributed by atoms with van der Waals surface area (Å²) in [4.78, 5) is 12.0. The van der Waals surface area contributed by atoms with Crippen LogP contribution in [0.3, 0.4) is 0 Å². The molecule has 2 aromatic heterocycles. The molecule has 114 valence electrons. The molecule has 0 saturated carbocycles. The van der Waals surface area contributed by atoms with Crippen LogP contribution in [0.4, 0.5) is 0 Å². The molecule has 0 fully saturated rings. The zero-order chi connectivity index (χ0) is 15.5. The number of benzene rings is 1. The van der Waals surface area contributed by atoms with Crippen LogP contribution in [0.5, 0.6) is 0 Å². The average molecular weight is 299 g/mol. The van der Waals surface area contributed by atoms with E-state index in [4.69, 9.17) is 8.83 Å². The normalized spacial score (nSPS) is 12.5. The summed E-state index contributed by atoms with van der Waals surface area (Å²) >= 11 is 0. The van der Waals surface area contributed by atoms with Gasteiger partial charge in [-0.3, -0.25) is 4.79 Å². The molecule has 0 aliphatic heterocycles. The van der Waals surface area contributed by atoms with E-state index < -0.39 is 6.10 Å². The van der Waals surface area contributed by atoms with Crippen LogP contribution in [0.1, 0.15) is 23.0 Å². The lowest BCUT2D eigenvalue weighted by molar-refractivity contribution is -0.120. The van der Waals surface area contributed by atoms with Crippen LogP contribution in [-0.2, 0) is 11.2 Å². The summed E-state index contributed by atoms with van der Waals surface area (Å²) in [7, 11) is 0. The van der Waals surface area contributed by atoms with Gasteiger partial charge in [-0.2, -0.15) is 0 Å². The molecular weight excluding hydrogens is 282 g/mol. The summed E-state index contributed by atoms with van der Waals surface area (Å²) in [5.41, 5.74) is 2.72. The number of aliphatic hydroxyl groups is 1. The number of aliphatic hydroxyl groups excluding tert-OH is 1. The van der Waals surface area contributed by atoms with Gasteiger partial charge >= 0.3 is 0 Å². The smallest absolute Gasteiger partial charge is 0.224 e. The standard InChI is InChI=1S/C17H17NO4/c1-11-4-5-13-12(10-22-16(13)7-11)8-17(20)18-9-14(19)15-3-2-6-21-15/h2-7,10,14,19H,8-9H2,1H3,(H,18,20). The topological polar surface area (TPSA) is 75.6 Å². The summed E-state index contributed by atoms with van der Waals surface area (Å²) in [5, 5.41) is 13.5. The molecule has 22 heavy (non-hydrogen) atoms. The summed E-state index contributed by atoms with van der Waals surface area (Å²) in [5.74, 6) is 0.262. The van der Waals surface area contributed by atoms with Crippen molar-refractivity contribution in [3.63, 3.8) is 0 Å². The van der Waals surface area contributed by atoms with Crippen molar-refractivity contribution < 1.29 is 18.7 Å². The number of carbonyl (C=O) groups excluding carboxylic acids is 1. The first-order chi connectivity index (χ1) is 10.6. The van der Waals surface area contributed by atoms with E-state index in [-0.39, 0.29) is 18.9 Å². The van der Waals surface area contributed by atoms with Gasteiger partial charge in [-0.05, 0) is 30.7 Å². The Labute approximate surface area is 127 Å². The van der Waals surface area contributed by atoms with Gasteiger partial charge in [0.2, 0.25) is 5.91 Å². The number of nitrogens with one attached hydrogen (secondary N) is 1. The second-order valence-corrected chi connectivity index (χ2v) is 5.27. The van der Waals surface area contributed by atoms with Crippen molar-refractivity contribution in [3.8, 4) is 0 Å². The van der Waals surface area contributed by atoms with E-state index in [0.29, 0.717) is 5.76 Å². The Morgan fingerprint density at radius 2 is 2.18 bits per heavy atom. The van der Waals surface area contributed by atoms with Crippen molar-refractivity contribution in [2.24, 2.45) is 0 Å². The molecule has 0 saturated heterocycles. The van der Waals surface area contributed by atoms with Crippen molar-refractivity contribution in [1.82, 2.24) is 5.32 Å². The van der Waals surface area contributed by atoms with Gasteiger partial charge in [0, 0.05) is 10.9 Å². The van der Waals surface area contributed by atoms with E-state index >= 15 is 0 Å². The van der Waals surface area contributed by atoms with E-state index in [1.165, 1.54) is 6.26 Å². The van der Waals surface area contributed by atoms with Crippen LogP contribution < -0.4 is 5.32 Å². The van der Waals surface area contributed by atoms with Crippen LogP contribution in [0.25, 0.3) is 11.0 Å². The zero-order valence-electron chi connectivity index (χ0n) is 12.2. The number of furan rings is 2. The molecule has 1 amide bonds. The Balaban J connectivity index is 1.61. The van der Waals surface area contributed by atoms with E-state index in [9.17, 15) is 9.90 Å². The summed E-state index contributed by atoms with van der Waals surface area (Å²) in [6, 6.07) is 9.24. The lowest BCUT2D eigenvalue weighted by atomic mass is 10.1. The zero-order valence-corrected chi connectivity index (χ0v) is 12.2. The molecule has 2 N–H and O–H groups in total. The molecule has 1 unspecified atom stereocenters. The van der Waals surface area contributed by atoms with E-state index in [0.717, 1.165) is 22.1 Å². The summed E-state index contributed by atoms with van der Waals surface area (Å²) in [6.07, 6.45) is 2.45. The highest BCUT2D eigenvalue weighted by Gasteiger charge is 2.14. The van der Waals surface area contributed by atoms with Crippen LogP contribution in [-0.4, -0.2) is 17.6 Å². The average Bonchev–Trinajstić information content (AvgIpc) is 3.15. The number of aryl methyl sites for hydroxylation is 1. The lowest BCUT2D eigenvalue weighted by Gasteiger charge is -2.09. The highest BCUT2D eigenvalue weighted by atomic mass is 16.4. The monoisotopic (exact) mass is 299 g/mol. The molecule has 1 aromatic carbocycles. The van der Waals surface area contributed by atoms with Crippen LogP contribution in [0.2, 0.25) is 0 Å². The van der Waals surface area contributed by atoms with Crippen molar-refractivity contribution >= 4 is 16.9 Å². The molecule has 0 aliphatic carbocycles. The SMILES string of the molecule is Cc1ccc2c(CC(=O)NCC(O)c3ccco3)coc2c1. The van der Waals surface area contributed by atoms with Crippen molar-refractivity contribution in [3.05, 3.63) is 59.7 Å². The van der Waals surface area contributed by atoms with Gasteiger partial charge in [-0.15, -0.1) is 0 Å². The van der Waals surface area contributed by atoms with Gasteiger partial charge in [0.25, 0.3) is 0 Å². The molecule has 0 spiro atoms. The minimum absolute atomic E-state index is 0.112. The molecule has 5 nitrogen and oxygen atoms in total. The maximum absolute atomic E-state index is 12.0. The van der Waals surface area contributed by atoms with Crippen molar-refractivity contribution in [1.29, 1.82) is 0 Å². The van der Waals surface area contributed by atoms with Gasteiger partial charge in [0.1, 0.15) is 17.4 Å². The molecule has 2 heterocycles. The highest BCUT2D eigenvalue weighted by molar-refractivity contribution is 5.87. The second-order valence-electron chi connectivity index (χ2n) is 5.27. The predicted molar refractivity (Wildman–Crippen MR) is 81.3 cm³/mol. The first-order valence-corrected chi connectivity index (χ1v) is 7.08. The minimum atomic E-state index is -0.845. The number of hydrogen-bond donors (Lipinski definition) is 2. The first kappa shape index (κ1) is 14.4. The van der Waals surface area contributed by atoms with Gasteiger partial charge in [-0.1, -0.05) is 12.1 Å². The van der Waals surface area contributed by atoms with E-state index in [2.05, 4.69) is 5.32 Å². The van der Waals surface area contributed by atoms with Crippen LogP contribution in [0, 0.1) is 6.92 Å². The Kier molecular flexibility index (Phi) is 3.98. The molecule has 5 heteroatoms. The second kappa shape index (κ2) is 6.07. The molecule has 3 aromatic rings. The molecule has 0 aliphatic rings. The Hall–Kier alpha value is -2.53. The minimum Gasteiger partial charge on any atom is -0.467 e. The Bertz CT molecular complexity index is 773. The largest absolute Gasteiger partial charge is 0.467 e. The quantitative estimate of drug-likeness (QED) is 0.759. The number of amides is 1. The van der Waals surface area contributed by atoms with Crippen molar-refractivity contribution in [2.75, 3.05) is 6.54 Å². The fourth-order valence-corrected chi connectivity index (χ4v) is 2.35. The van der Waals surface area contributed by atoms with E-state index in [1.807, 2.05) is 25.1 Å². The number of rotatable bonds is 5. The maximum Gasteiger partial charge on any atom is 0.224 e. The maximum atomic E-state index is 12.0. The highest BCUT2D eigenvalue weighted by Crippen LogP contribution is 2.22. The van der Waals surface area contributed by atoms with E-state index in [1.54, 1.807) is 18.4 Å². The van der Waals surface area contributed by atoms with Crippen LogP contribution >= 0.6 is 0 Å². The third kappa shape index (κ3) is 3.04. The molecular formula is C17H17NO4. The van der Waals surface area contributed by atoms with Gasteiger partial charge in [0.15, 0.2) is 0 Å². The molecule has 0 radical (unpaired) electrons. The third-order valence-corrected chi connectivity index (χ3v) is 3.53. The van der Waals surface area contributed by atoms with Crippen molar-refractivity contribution in [2.45, 2.75) is 19.4 Å². The van der Waals surface area contributed by atoms with Gasteiger partial charge < -0.3 is 19.3 Å². The number of carbonyl (C=O) groups is 1. The Morgan fingerprint density at radius 1 is 1.32 bits per heavy atom. The number of hydrogen-bond acceptors (Lipinski definition) is 4. The van der Waals surface area contributed by atoms with Gasteiger partial charge in [0.05, 0.1) is 25.5 Å². The fraction of sp³-hybridized carbons (Fsp3) is 0.235. The molecule has 0 bridgehead atoms. The summed E-state index contributed by atoms with van der Waals surface area (Å²) < 4.78 is 10.6. The number of fused-ring (bicyclic) bond motifs is 1. The Morgan fingerprint density at radius 3 is 2.95 bits per heavy atom. The molecule has 3 rings (SSSR count). The first-order valence-electron chi connectivity index (χ1n) is 7.08. The predicted octanol–water partition coefficient (Wildman–Crippen LogP) is 2.73.